The molecule has 2 aliphatic rings. The van der Waals surface area contributed by atoms with Gasteiger partial charge in [-0.3, -0.25) is 14.4 Å². The lowest BCUT2D eigenvalue weighted by molar-refractivity contribution is -0.162. The van der Waals surface area contributed by atoms with Crippen LogP contribution in [-0.2, 0) is 14.3 Å². The topological polar surface area (TPSA) is 99.1 Å². The molecule has 0 bridgehead atoms. The minimum atomic E-state index is -1.43. The van der Waals surface area contributed by atoms with Crippen molar-refractivity contribution in [2.75, 3.05) is 38.3 Å². The number of hydrogen-bond acceptors (Lipinski definition) is 8. The monoisotopic (exact) mass is 743 g/mol. The molecule has 288 valence electrons. The Morgan fingerprint density at radius 3 is 2.39 bits per heavy atom. The highest BCUT2D eigenvalue weighted by Gasteiger charge is 2.37. The maximum Gasteiger partial charge on any atom is 0.313 e. The first-order chi connectivity index (χ1) is 25.7. The molecule has 3 unspecified atom stereocenters. The van der Waals surface area contributed by atoms with Gasteiger partial charge in [0.1, 0.15) is 22.7 Å². The molecule has 1 aliphatic heterocycles. The molecule has 11 heteroatoms. The molecular formula is C43H51F2N3O6. The summed E-state index contributed by atoms with van der Waals surface area (Å²) in [5, 5.41) is 3.45. The van der Waals surface area contributed by atoms with E-state index < -0.39 is 45.9 Å². The van der Waals surface area contributed by atoms with E-state index in [4.69, 9.17) is 14.2 Å². The van der Waals surface area contributed by atoms with Gasteiger partial charge in [0.2, 0.25) is 5.43 Å². The van der Waals surface area contributed by atoms with Crippen LogP contribution >= 0.6 is 0 Å². The third kappa shape index (κ3) is 7.93. The van der Waals surface area contributed by atoms with Gasteiger partial charge in [-0.1, -0.05) is 49.4 Å². The lowest BCUT2D eigenvalue weighted by atomic mass is 9.94. The number of esters is 1. The summed E-state index contributed by atoms with van der Waals surface area (Å²) in [6, 6.07) is 15.4. The number of benzene rings is 3. The Bertz CT molecular complexity index is 2100. The largest absolute Gasteiger partial charge is 0.492 e. The second kappa shape index (κ2) is 15.6. The summed E-state index contributed by atoms with van der Waals surface area (Å²) in [6.45, 7) is 12.5. The number of hydrogen-bond donors (Lipinski definition) is 1. The van der Waals surface area contributed by atoms with Crippen LogP contribution in [0.1, 0.15) is 95.1 Å². The summed E-state index contributed by atoms with van der Waals surface area (Å²) in [5.41, 5.74) is -0.564. The van der Waals surface area contributed by atoms with Crippen molar-refractivity contribution in [3.63, 3.8) is 0 Å². The number of nitrogens with zero attached hydrogens (tertiary/aromatic N) is 2. The Kier molecular flexibility index (Phi) is 11.3. The van der Waals surface area contributed by atoms with Crippen molar-refractivity contribution in [2.45, 2.75) is 96.4 Å². The van der Waals surface area contributed by atoms with Crippen LogP contribution in [-0.4, -0.2) is 66.9 Å². The molecule has 3 atom stereocenters. The van der Waals surface area contributed by atoms with Crippen LogP contribution in [0.5, 0.6) is 5.75 Å². The van der Waals surface area contributed by atoms with E-state index in [1.54, 1.807) is 46.0 Å². The Balaban J connectivity index is 1.18. The maximum atomic E-state index is 16.0. The van der Waals surface area contributed by atoms with Gasteiger partial charge in [0.05, 0.1) is 36.1 Å². The number of aromatic nitrogens is 1. The fourth-order valence-electron chi connectivity index (χ4n) is 7.20. The van der Waals surface area contributed by atoms with Crippen LogP contribution in [0.4, 0.5) is 14.5 Å². The van der Waals surface area contributed by atoms with Crippen LogP contribution in [0.25, 0.3) is 22.0 Å². The molecule has 0 spiro atoms. The number of halogens is 2. The van der Waals surface area contributed by atoms with Gasteiger partial charge in [0.25, 0.3) is 0 Å². The van der Waals surface area contributed by atoms with Gasteiger partial charge in [-0.2, -0.15) is 0 Å². The van der Waals surface area contributed by atoms with Crippen molar-refractivity contribution in [2.24, 2.45) is 0 Å². The smallest absolute Gasteiger partial charge is 0.313 e. The van der Waals surface area contributed by atoms with Gasteiger partial charge in [-0.25, -0.2) is 8.78 Å². The molecule has 4 aromatic rings. The number of carbonyl (C=O) groups excluding carboxylic acids is 2. The molecule has 1 aliphatic carbocycles. The SMILES string of the molecule is CCC(C)(CCOC(C)(C)C(=O)c1cn(C2CC2)c2c(OC)c(N3CCNC(C)C3)c(F)cc2c1=O)OC(=O)C(C)c1ccc(-c2ccccc2)c(F)c1. The molecule has 0 radical (unpaired) electrons. The lowest BCUT2D eigenvalue weighted by Gasteiger charge is -2.35. The van der Waals surface area contributed by atoms with Crippen molar-refractivity contribution in [1.82, 2.24) is 9.88 Å². The number of fused-ring (bicyclic) bond motifs is 1. The zero-order valence-corrected chi connectivity index (χ0v) is 32.3. The first-order valence-corrected chi connectivity index (χ1v) is 18.9. The molecule has 1 N–H and O–H groups in total. The van der Waals surface area contributed by atoms with Crippen molar-refractivity contribution in [3.8, 4) is 16.9 Å². The number of nitrogens with one attached hydrogen (secondary N) is 1. The third-order valence-corrected chi connectivity index (χ3v) is 10.9. The number of methoxy groups -OCH3 is 1. The van der Waals surface area contributed by atoms with Gasteiger partial charge in [0, 0.05) is 49.9 Å². The molecule has 3 aromatic carbocycles. The average Bonchev–Trinajstić information content (AvgIpc) is 4.00. The van der Waals surface area contributed by atoms with Crippen LogP contribution in [0.3, 0.4) is 0 Å². The van der Waals surface area contributed by atoms with Crippen LogP contribution < -0.4 is 20.4 Å². The van der Waals surface area contributed by atoms with Crippen molar-refractivity contribution < 1.29 is 32.6 Å². The predicted molar refractivity (Wildman–Crippen MR) is 207 cm³/mol. The molecule has 9 nitrogen and oxygen atoms in total. The number of rotatable bonds is 14. The maximum absolute atomic E-state index is 16.0. The van der Waals surface area contributed by atoms with E-state index in [2.05, 4.69) is 5.32 Å². The molecule has 0 amide bonds. The van der Waals surface area contributed by atoms with Crippen molar-refractivity contribution in [3.05, 3.63) is 93.8 Å². The van der Waals surface area contributed by atoms with Gasteiger partial charge in [0.15, 0.2) is 17.3 Å². The standard InChI is InChI=1S/C43H51F2N3O6/c1-8-43(6,54-41(51)27(3)29-14-17-31(34(44)22-29)28-12-10-9-11-13-28)18-21-53-42(4,5)40(50)33-25-48(30-15-16-30)36-32(38(33)49)23-35(45)37(39(36)52-7)47-20-19-46-26(2)24-47/h9-14,17,22-23,25-27,30,46H,8,15-16,18-21,24H2,1-7H3. The quantitative estimate of drug-likeness (QED) is 0.103. The van der Waals surface area contributed by atoms with Gasteiger partial charge in [-0.15, -0.1) is 0 Å². The second-order valence-electron chi connectivity index (χ2n) is 15.4. The fourth-order valence-corrected chi connectivity index (χ4v) is 7.20. The van der Waals surface area contributed by atoms with Crippen molar-refractivity contribution in [1.29, 1.82) is 0 Å². The van der Waals surface area contributed by atoms with Gasteiger partial charge in [-0.05, 0) is 77.1 Å². The number of ketones is 1. The highest BCUT2D eigenvalue weighted by molar-refractivity contribution is 6.05. The van der Waals surface area contributed by atoms with Crippen LogP contribution in [0, 0.1) is 11.6 Å². The number of pyridine rings is 1. The first kappa shape index (κ1) is 39.1. The zero-order valence-electron chi connectivity index (χ0n) is 32.3. The van der Waals surface area contributed by atoms with E-state index in [1.807, 2.05) is 53.6 Å². The van der Waals surface area contributed by atoms with E-state index in [-0.39, 0.29) is 41.8 Å². The highest BCUT2D eigenvalue weighted by Crippen LogP contribution is 2.44. The Morgan fingerprint density at radius 2 is 1.76 bits per heavy atom. The van der Waals surface area contributed by atoms with Gasteiger partial charge < -0.3 is 29.0 Å². The Hall–Kier alpha value is -4.61. The Labute approximate surface area is 315 Å². The summed E-state index contributed by atoms with van der Waals surface area (Å²) in [4.78, 5) is 43.5. The molecule has 2 fully saturated rings. The molecule has 6 rings (SSSR count). The van der Waals surface area contributed by atoms with Crippen LogP contribution in [0.15, 0.2) is 65.6 Å². The molecule has 1 saturated heterocycles. The molecular weight excluding hydrogens is 692 g/mol. The number of anilines is 1. The lowest BCUT2D eigenvalue weighted by Crippen LogP contribution is -2.49. The number of Topliss-reactive ketones (excluding diaryl/α,β-unsaturated/α-hetero) is 1. The van der Waals surface area contributed by atoms with E-state index in [0.29, 0.717) is 48.4 Å². The zero-order chi connectivity index (χ0) is 38.9. The summed E-state index contributed by atoms with van der Waals surface area (Å²) < 4.78 is 50.9. The predicted octanol–water partition coefficient (Wildman–Crippen LogP) is 7.97. The van der Waals surface area contributed by atoms with E-state index in [1.165, 1.54) is 19.2 Å². The van der Waals surface area contributed by atoms with Crippen LogP contribution in [0.2, 0.25) is 0 Å². The minimum Gasteiger partial charge on any atom is -0.492 e. The molecule has 1 saturated carbocycles. The Morgan fingerprint density at radius 1 is 1.04 bits per heavy atom. The summed E-state index contributed by atoms with van der Waals surface area (Å²) in [6.07, 6.45) is 4.01. The number of ether oxygens (including phenoxy) is 3. The summed E-state index contributed by atoms with van der Waals surface area (Å²) >= 11 is 0. The highest BCUT2D eigenvalue weighted by atomic mass is 19.1. The fraction of sp³-hybridized carbons (Fsp3) is 0.465. The minimum absolute atomic E-state index is 0.0402. The molecule has 54 heavy (non-hydrogen) atoms. The number of carbonyl (C=O) groups is 2. The average molecular weight is 744 g/mol. The molecule has 1 aromatic heterocycles. The third-order valence-electron chi connectivity index (χ3n) is 10.9. The van der Waals surface area contributed by atoms with Gasteiger partial charge >= 0.3 is 5.97 Å². The van der Waals surface area contributed by atoms with E-state index in [9.17, 15) is 14.4 Å². The first-order valence-electron chi connectivity index (χ1n) is 18.9. The second-order valence-corrected chi connectivity index (χ2v) is 15.4. The van der Waals surface area contributed by atoms with E-state index in [0.717, 1.165) is 18.4 Å². The number of piperazine rings is 1. The molecule has 2 heterocycles. The normalized spacial score (nSPS) is 17.9. The summed E-state index contributed by atoms with van der Waals surface area (Å²) in [7, 11) is 1.48. The summed E-state index contributed by atoms with van der Waals surface area (Å²) in [5.74, 6) is -2.48. The van der Waals surface area contributed by atoms with Crippen molar-refractivity contribution >= 4 is 28.3 Å². The van der Waals surface area contributed by atoms with E-state index >= 15 is 8.78 Å².